The molecule has 0 saturated heterocycles. The number of H-pyrrole nitrogens is 1. The zero-order valence-corrected chi connectivity index (χ0v) is 39.5. The van der Waals surface area contributed by atoms with E-state index >= 15 is 0 Å². The lowest BCUT2D eigenvalue weighted by Gasteiger charge is -1.91. The largest absolute Gasteiger partial charge is 0.464 e. The lowest BCUT2D eigenvalue weighted by atomic mass is 10.2. The minimum absolute atomic E-state index is 0.956. The van der Waals surface area contributed by atoms with Gasteiger partial charge in [0.1, 0.15) is 11.9 Å². The van der Waals surface area contributed by atoms with Crippen molar-refractivity contribution < 1.29 is 4.42 Å². The van der Waals surface area contributed by atoms with Crippen molar-refractivity contribution in [1.29, 1.82) is 0 Å². The van der Waals surface area contributed by atoms with E-state index in [-0.39, 0.29) is 0 Å². The van der Waals surface area contributed by atoms with E-state index in [1.54, 1.807) is 79.4 Å². The van der Waals surface area contributed by atoms with Crippen LogP contribution in [-0.2, 0) is 0 Å². The first-order valence-corrected chi connectivity index (χ1v) is 23.5. The maximum absolute atomic E-state index is 5.12. The highest BCUT2D eigenvalue weighted by Crippen LogP contribution is 2.19. The molecule has 0 amide bonds. The summed E-state index contributed by atoms with van der Waals surface area (Å²) in [5, 5.41) is 18.6. The van der Waals surface area contributed by atoms with E-state index in [9.17, 15) is 0 Å². The number of pyridine rings is 2. The van der Waals surface area contributed by atoms with Crippen molar-refractivity contribution in [3.63, 3.8) is 0 Å². The number of thiophene rings is 1. The van der Waals surface area contributed by atoms with Crippen LogP contribution in [0.4, 0.5) is 0 Å². The minimum Gasteiger partial charge on any atom is -0.464 e. The number of fused-ring (bicyclic) bond motifs is 5. The van der Waals surface area contributed by atoms with Crippen LogP contribution in [0.25, 0.3) is 53.6 Å². The third-order valence-corrected chi connectivity index (χ3v) is 10.5. The highest BCUT2D eigenvalue weighted by atomic mass is 32.1. The van der Waals surface area contributed by atoms with Crippen molar-refractivity contribution in [3.8, 4) is 0 Å². The van der Waals surface area contributed by atoms with Gasteiger partial charge in [0.25, 0.3) is 0 Å². The number of nitrogens with zero attached hydrogens (tertiary/aromatic N) is 9. The first kappa shape index (κ1) is 50.2. The minimum atomic E-state index is 0.956. The van der Waals surface area contributed by atoms with E-state index < -0.39 is 0 Å². The van der Waals surface area contributed by atoms with Crippen LogP contribution < -0.4 is 0 Å². The maximum atomic E-state index is 5.12. The van der Waals surface area contributed by atoms with Crippen molar-refractivity contribution in [3.05, 3.63) is 286 Å². The molecule has 0 atom stereocenters. The van der Waals surface area contributed by atoms with Crippen LogP contribution in [0.1, 0.15) is 0 Å². The predicted octanol–water partition coefficient (Wildman–Crippen LogP) is 14.5. The second kappa shape index (κ2) is 31.7. The molecule has 13 heteroatoms. The van der Waals surface area contributed by atoms with Gasteiger partial charge in [0, 0.05) is 107 Å². The number of hydrogen-bond donors (Lipinski definition) is 1. The molecule has 0 bridgehead atoms. The molecule has 0 saturated carbocycles. The summed E-state index contributed by atoms with van der Waals surface area (Å²) in [5.74, 6) is 0. The number of rotatable bonds is 0. The quantitative estimate of drug-likeness (QED) is 0.156. The third kappa shape index (κ3) is 19.4. The molecule has 14 aromatic rings. The molecule has 70 heavy (non-hydrogen) atoms. The van der Waals surface area contributed by atoms with Crippen LogP contribution >= 0.6 is 22.9 Å². The monoisotopic (exact) mass is 952 g/mol. The molecule has 344 valence electrons. The average Bonchev–Trinajstić information content (AvgIpc) is 4.34. The van der Waals surface area contributed by atoms with E-state index in [1.807, 2.05) is 133 Å². The van der Waals surface area contributed by atoms with Crippen LogP contribution in [0.2, 0.25) is 0 Å². The summed E-state index contributed by atoms with van der Waals surface area (Å²) in [4.78, 5) is 26.1. The highest BCUT2D eigenvalue weighted by Gasteiger charge is 1.91. The molecule has 11 nitrogen and oxygen atoms in total. The van der Waals surface area contributed by atoms with Gasteiger partial charge in [-0.25, -0.2) is 14.3 Å². The molecule has 14 rings (SSSR count). The summed E-state index contributed by atoms with van der Waals surface area (Å²) in [6, 6.07) is 60.3. The Kier molecular flexibility index (Phi) is 22.8. The molecule has 0 radical (unpaired) electrons. The van der Waals surface area contributed by atoms with Crippen molar-refractivity contribution in [2.75, 3.05) is 0 Å². The highest BCUT2D eigenvalue weighted by molar-refractivity contribution is 7.17. The fourth-order valence-corrected chi connectivity index (χ4v) is 6.93. The van der Waals surface area contributed by atoms with E-state index in [2.05, 4.69) is 128 Å². The number of nitrogens with one attached hydrogen (secondary N) is 1. The summed E-state index contributed by atoms with van der Waals surface area (Å²) in [6.07, 6.45) is 25.6. The molecule has 0 unspecified atom stereocenters. The Morgan fingerprint density at radius 1 is 0.386 bits per heavy atom. The molecule has 0 aliphatic carbocycles. The Morgan fingerprint density at radius 3 is 1.63 bits per heavy atom. The van der Waals surface area contributed by atoms with Crippen LogP contribution in [0.5, 0.6) is 0 Å². The van der Waals surface area contributed by atoms with Crippen molar-refractivity contribution in [2.45, 2.75) is 0 Å². The number of benzene rings is 5. The summed E-state index contributed by atoms with van der Waals surface area (Å²) in [7, 11) is 0. The Labute approximate surface area is 414 Å². The summed E-state index contributed by atoms with van der Waals surface area (Å²) in [6.45, 7) is 0. The molecule has 9 heterocycles. The van der Waals surface area contributed by atoms with Gasteiger partial charge in [-0.2, -0.15) is 10.2 Å². The lowest BCUT2D eigenvalue weighted by molar-refractivity contribution is 0.616. The summed E-state index contributed by atoms with van der Waals surface area (Å²) >= 11 is 3.25. The van der Waals surface area contributed by atoms with Crippen molar-refractivity contribution >= 4 is 76.5 Å². The molecule has 0 fully saturated rings. The van der Waals surface area contributed by atoms with E-state index in [0.717, 1.165) is 16.5 Å². The van der Waals surface area contributed by atoms with E-state index in [4.69, 9.17) is 4.42 Å². The maximum Gasteiger partial charge on any atom is 0.133 e. The normalized spacial score (nSPS) is 9.43. The van der Waals surface area contributed by atoms with Crippen LogP contribution in [0.3, 0.4) is 0 Å². The lowest BCUT2D eigenvalue weighted by Crippen LogP contribution is -1.73. The Bertz CT molecular complexity index is 2810. The number of para-hydroxylation sites is 3. The Morgan fingerprint density at radius 2 is 1.04 bits per heavy atom. The molecule has 0 spiro atoms. The molecule has 1 N–H and O–H groups in total. The fourth-order valence-electron chi connectivity index (χ4n) is 5.79. The molecular formula is C57H48N10OS2. The van der Waals surface area contributed by atoms with Gasteiger partial charge in [0.2, 0.25) is 0 Å². The van der Waals surface area contributed by atoms with Crippen LogP contribution in [-0.4, -0.2) is 49.5 Å². The van der Waals surface area contributed by atoms with Gasteiger partial charge in [0.05, 0.1) is 11.8 Å². The zero-order valence-electron chi connectivity index (χ0n) is 37.9. The third-order valence-electron chi connectivity index (χ3n) is 9.03. The van der Waals surface area contributed by atoms with Crippen molar-refractivity contribution in [2.24, 2.45) is 0 Å². The first-order chi connectivity index (χ1) is 34.8. The van der Waals surface area contributed by atoms with Gasteiger partial charge in [-0.05, 0) is 117 Å². The molecule has 0 aliphatic rings. The smallest absolute Gasteiger partial charge is 0.133 e. The van der Waals surface area contributed by atoms with Gasteiger partial charge in [-0.3, -0.25) is 19.9 Å². The van der Waals surface area contributed by atoms with Gasteiger partial charge in [-0.15, -0.1) is 11.3 Å². The molecule has 5 aromatic carbocycles. The predicted molar refractivity (Wildman–Crippen MR) is 288 cm³/mol. The molecule has 0 aliphatic heterocycles. The number of furan rings is 1. The Balaban J connectivity index is 0.000000130. The second-order valence-corrected chi connectivity index (χ2v) is 15.4. The summed E-state index contributed by atoms with van der Waals surface area (Å²) < 4.78 is 10.3. The van der Waals surface area contributed by atoms with Crippen molar-refractivity contribution in [1.82, 2.24) is 49.5 Å². The topological polar surface area (TPSA) is 145 Å². The number of aromatic nitrogens is 10. The number of hydrogen-bond acceptors (Lipinski definition) is 12. The van der Waals surface area contributed by atoms with Gasteiger partial charge in [0.15, 0.2) is 0 Å². The van der Waals surface area contributed by atoms with Gasteiger partial charge in [-0.1, -0.05) is 103 Å². The second-order valence-electron chi connectivity index (χ2n) is 13.8. The van der Waals surface area contributed by atoms with Gasteiger partial charge >= 0.3 is 0 Å². The molecule has 9 aromatic heterocycles. The fraction of sp³-hybridized carbons (Fsp3) is 0. The first-order valence-electron chi connectivity index (χ1n) is 21.7. The van der Waals surface area contributed by atoms with Crippen LogP contribution in [0.15, 0.2) is 290 Å². The Hall–Kier alpha value is -9.17. The zero-order chi connectivity index (χ0) is 48.2. The van der Waals surface area contributed by atoms with E-state index in [1.165, 1.54) is 55.0 Å². The number of aromatic amines is 1. The standard InChI is InChI=1S/2C9H7N.C8H7N.C8H6O.C8H6S.3C4H4N2.C3H3NS/c1-2-6-9-8(4-1)5-3-7-10-9;1-2-4-9-7-10-6-5-8(9)3-1;3*1-2-4-8-7(3-1)5-6-9-8;1-2-6-4-3-5-1;1-2-5-4-6-3-1;1-2-4-6-5-3-1;1-2-4-5-3-1/h2*1-7H;1-6,9H;2*1-6H;3*1-4H;1-3H. The van der Waals surface area contributed by atoms with E-state index in [0.29, 0.717) is 0 Å². The SMILES string of the molecule is c1ccc2[nH]ccc2c1.c1ccc2cnccc2c1.c1ccc2ncccc2c1.c1ccc2occc2c1.c1ccc2sccc2c1.c1ccnnc1.c1cnccn1.c1cncnc1.c1cnsc1. The van der Waals surface area contributed by atoms with Crippen LogP contribution in [0, 0.1) is 0 Å². The molecular weight excluding hydrogens is 905 g/mol. The average molecular weight is 953 g/mol. The summed E-state index contributed by atoms with van der Waals surface area (Å²) in [5.41, 5.74) is 3.22. The van der Waals surface area contributed by atoms with Gasteiger partial charge < -0.3 is 9.40 Å².